The van der Waals surface area contributed by atoms with Crippen LogP contribution in [0.5, 0.6) is 0 Å². The van der Waals surface area contributed by atoms with Gasteiger partial charge >= 0.3 is 0 Å². The van der Waals surface area contributed by atoms with Crippen LogP contribution in [0.2, 0.25) is 0 Å². The van der Waals surface area contributed by atoms with Crippen LogP contribution in [-0.4, -0.2) is 31.7 Å². The van der Waals surface area contributed by atoms with Crippen molar-refractivity contribution < 1.29 is 8.42 Å². The molecule has 0 aliphatic carbocycles. The standard InChI is InChI=1S/C18H20ClNO2S/c1-14-7-9-17(10-8-14)23(21,22)20-12-16(11-19)18(13-20)15-5-3-2-4-6-15/h2-10,16,18H,11-13H2,1H3/t16-,18+/m1/s1. The monoisotopic (exact) mass is 349 g/mol. The van der Waals surface area contributed by atoms with Gasteiger partial charge in [0.25, 0.3) is 0 Å². The Hall–Kier alpha value is -1.36. The Kier molecular flexibility index (Phi) is 4.76. The van der Waals surface area contributed by atoms with E-state index in [4.69, 9.17) is 11.6 Å². The third kappa shape index (κ3) is 3.30. The molecule has 2 aromatic rings. The second kappa shape index (κ2) is 6.63. The number of alkyl halides is 1. The van der Waals surface area contributed by atoms with Gasteiger partial charge in [-0.2, -0.15) is 4.31 Å². The van der Waals surface area contributed by atoms with Crippen LogP contribution in [0.1, 0.15) is 17.0 Å². The van der Waals surface area contributed by atoms with Crippen LogP contribution in [0, 0.1) is 12.8 Å². The number of halogens is 1. The summed E-state index contributed by atoms with van der Waals surface area (Å²) in [5.41, 5.74) is 2.20. The second-order valence-corrected chi connectivity index (χ2v) is 8.31. The van der Waals surface area contributed by atoms with E-state index >= 15 is 0 Å². The van der Waals surface area contributed by atoms with Crippen LogP contribution in [0.25, 0.3) is 0 Å². The van der Waals surface area contributed by atoms with Crippen LogP contribution < -0.4 is 0 Å². The number of aryl methyl sites for hydroxylation is 1. The highest BCUT2D eigenvalue weighted by Gasteiger charge is 2.39. The van der Waals surface area contributed by atoms with Gasteiger partial charge in [0.15, 0.2) is 0 Å². The summed E-state index contributed by atoms with van der Waals surface area (Å²) in [6, 6.07) is 17.0. The number of nitrogens with zero attached hydrogens (tertiary/aromatic N) is 1. The average Bonchev–Trinajstić information content (AvgIpc) is 3.01. The van der Waals surface area contributed by atoms with E-state index < -0.39 is 10.0 Å². The Balaban J connectivity index is 1.88. The van der Waals surface area contributed by atoms with E-state index in [1.165, 1.54) is 0 Å². The zero-order valence-corrected chi connectivity index (χ0v) is 14.6. The van der Waals surface area contributed by atoms with E-state index in [-0.39, 0.29) is 11.8 Å². The molecule has 1 aliphatic rings. The SMILES string of the molecule is Cc1ccc(S(=O)(=O)N2C[C@@H](CCl)[C@H](c3ccccc3)C2)cc1. The van der Waals surface area contributed by atoms with Crippen molar-refractivity contribution >= 4 is 21.6 Å². The quantitative estimate of drug-likeness (QED) is 0.790. The van der Waals surface area contributed by atoms with Crippen LogP contribution in [0.3, 0.4) is 0 Å². The lowest BCUT2D eigenvalue weighted by Crippen LogP contribution is -2.29. The summed E-state index contributed by atoms with van der Waals surface area (Å²) in [6.45, 7) is 2.90. The molecule has 0 unspecified atom stereocenters. The van der Waals surface area contributed by atoms with Gasteiger partial charge < -0.3 is 0 Å². The molecule has 5 heteroatoms. The summed E-state index contributed by atoms with van der Waals surface area (Å²) in [7, 11) is -3.46. The summed E-state index contributed by atoms with van der Waals surface area (Å²) >= 11 is 6.11. The fourth-order valence-electron chi connectivity index (χ4n) is 3.12. The topological polar surface area (TPSA) is 37.4 Å². The van der Waals surface area contributed by atoms with Crippen molar-refractivity contribution in [2.45, 2.75) is 17.7 Å². The Morgan fingerprint density at radius 2 is 1.70 bits per heavy atom. The fraction of sp³-hybridized carbons (Fsp3) is 0.333. The number of hydrogen-bond acceptors (Lipinski definition) is 2. The first-order chi connectivity index (χ1) is 11.0. The Labute approximate surface area is 142 Å². The summed E-state index contributed by atoms with van der Waals surface area (Å²) < 4.78 is 27.3. The van der Waals surface area contributed by atoms with Crippen LogP contribution in [0.4, 0.5) is 0 Å². The van der Waals surface area contributed by atoms with Crippen LogP contribution in [0.15, 0.2) is 59.5 Å². The highest BCUT2D eigenvalue weighted by molar-refractivity contribution is 7.89. The maximum absolute atomic E-state index is 12.9. The Bertz CT molecular complexity index is 759. The molecule has 0 spiro atoms. The summed E-state index contributed by atoms with van der Waals surface area (Å²) in [5, 5.41) is 0. The lowest BCUT2D eigenvalue weighted by molar-refractivity contribution is 0.465. The third-order valence-corrected chi connectivity index (χ3v) is 6.73. The first-order valence-corrected chi connectivity index (χ1v) is 9.67. The largest absolute Gasteiger partial charge is 0.243 e. The molecular weight excluding hydrogens is 330 g/mol. The molecule has 0 bridgehead atoms. The highest BCUT2D eigenvalue weighted by atomic mass is 35.5. The van der Waals surface area contributed by atoms with Crippen molar-refractivity contribution in [2.24, 2.45) is 5.92 Å². The lowest BCUT2D eigenvalue weighted by atomic mass is 9.90. The van der Waals surface area contributed by atoms with E-state index in [1.54, 1.807) is 16.4 Å². The fourth-order valence-corrected chi connectivity index (χ4v) is 4.96. The molecule has 1 saturated heterocycles. The third-order valence-electron chi connectivity index (χ3n) is 4.49. The van der Waals surface area contributed by atoms with Gasteiger partial charge in [0, 0.05) is 24.9 Å². The van der Waals surface area contributed by atoms with Gasteiger partial charge in [0.1, 0.15) is 0 Å². The Morgan fingerprint density at radius 3 is 2.30 bits per heavy atom. The van der Waals surface area contributed by atoms with Crippen LogP contribution in [-0.2, 0) is 10.0 Å². The summed E-state index contributed by atoms with van der Waals surface area (Å²) in [5.74, 6) is 0.743. The number of sulfonamides is 1. The Morgan fingerprint density at radius 1 is 1.04 bits per heavy atom. The molecule has 2 aromatic carbocycles. The molecule has 2 atom stereocenters. The molecule has 0 aromatic heterocycles. The second-order valence-electron chi connectivity index (χ2n) is 6.07. The van der Waals surface area contributed by atoms with Gasteiger partial charge in [-0.05, 0) is 30.5 Å². The predicted octanol–water partition coefficient (Wildman–Crippen LogP) is 3.64. The molecule has 3 nitrogen and oxygen atoms in total. The first kappa shape index (κ1) is 16.5. The molecular formula is C18H20ClNO2S. The van der Waals surface area contributed by atoms with E-state index in [0.717, 1.165) is 11.1 Å². The van der Waals surface area contributed by atoms with Crippen molar-refractivity contribution in [1.29, 1.82) is 0 Å². The summed E-state index contributed by atoms with van der Waals surface area (Å²) in [6.07, 6.45) is 0. The molecule has 0 amide bonds. The van der Waals surface area contributed by atoms with Crippen molar-refractivity contribution in [3.8, 4) is 0 Å². The van der Waals surface area contributed by atoms with Crippen LogP contribution >= 0.6 is 11.6 Å². The smallest absolute Gasteiger partial charge is 0.207 e. The van der Waals surface area contributed by atoms with Gasteiger partial charge in [0.2, 0.25) is 10.0 Å². The van der Waals surface area contributed by atoms with Gasteiger partial charge in [-0.15, -0.1) is 11.6 Å². The molecule has 1 aliphatic heterocycles. The molecule has 122 valence electrons. The highest BCUT2D eigenvalue weighted by Crippen LogP contribution is 2.36. The van der Waals surface area contributed by atoms with E-state index in [9.17, 15) is 8.42 Å². The number of rotatable bonds is 4. The maximum Gasteiger partial charge on any atom is 0.243 e. The zero-order chi connectivity index (χ0) is 16.4. The zero-order valence-electron chi connectivity index (χ0n) is 13.0. The van der Waals surface area contributed by atoms with Gasteiger partial charge in [-0.25, -0.2) is 8.42 Å². The van der Waals surface area contributed by atoms with E-state index in [0.29, 0.717) is 23.9 Å². The molecule has 0 N–H and O–H groups in total. The minimum atomic E-state index is -3.46. The molecule has 3 rings (SSSR count). The van der Waals surface area contributed by atoms with Crippen molar-refractivity contribution in [2.75, 3.05) is 19.0 Å². The molecule has 23 heavy (non-hydrogen) atoms. The van der Waals surface area contributed by atoms with Gasteiger partial charge in [0.05, 0.1) is 4.90 Å². The molecule has 1 heterocycles. The minimum Gasteiger partial charge on any atom is -0.207 e. The van der Waals surface area contributed by atoms with Crippen molar-refractivity contribution in [3.63, 3.8) is 0 Å². The van der Waals surface area contributed by atoms with Gasteiger partial charge in [-0.3, -0.25) is 0 Å². The van der Waals surface area contributed by atoms with Crippen molar-refractivity contribution in [1.82, 2.24) is 4.31 Å². The molecule has 1 fully saturated rings. The normalized spacial score (nSPS) is 22.3. The predicted molar refractivity (Wildman–Crippen MR) is 93.3 cm³/mol. The molecule has 0 saturated carbocycles. The first-order valence-electron chi connectivity index (χ1n) is 7.70. The number of benzene rings is 2. The maximum atomic E-state index is 12.9. The average molecular weight is 350 g/mol. The lowest BCUT2D eigenvalue weighted by Gasteiger charge is -2.17. The summed E-state index contributed by atoms with van der Waals surface area (Å²) in [4.78, 5) is 0.352. The minimum absolute atomic E-state index is 0.138. The van der Waals surface area contributed by atoms with E-state index in [2.05, 4.69) is 0 Å². The number of hydrogen-bond donors (Lipinski definition) is 0. The van der Waals surface area contributed by atoms with E-state index in [1.807, 2.05) is 49.4 Å². The molecule has 0 radical (unpaired) electrons. The van der Waals surface area contributed by atoms with Crippen molar-refractivity contribution in [3.05, 3.63) is 65.7 Å². The van der Waals surface area contributed by atoms with Gasteiger partial charge in [-0.1, -0.05) is 48.0 Å².